The molecule has 0 spiro atoms. The van der Waals surface area contributed by atoms with E-state index in [1.807, 2.05) is 0 Å². The van der Waals surface area contributed by atoms with Crippen molar-refractivity contribution < 1.29 is 22.7 Å². The van der Waals surface area contributed by atoms with E-state index in [1.54, 1.807) is 18.2 Å². The molecule has 0 saturated carbocycles. The summed E-state index contributed by atoms with van der Waals surface area (Å²) in [5.74, 6) is -1.33. The number of halogens is 5. The summed E-state index contributed by atoms with van der Waals surface area (Å²) in [4.78, 5) is 15.2. The zero-order valence-corrected chi connectivity index (χ0v) is 12.5. The molecule has 2 rings (SSSR count). The molecule has 1 aromatic rings. The molecule has 0 aliphatic heterocycles. The highest BCUT2D eigenvalue weighted by atomic mass is 35.5. The van der Waals surface area contributed by atoms with Gasteiger partial charge in [-0.3, -0.25) is 4.79 Å². The van der Waals surface area contributed by atoms with Crippen LogP contribution in [0.1, 0.15) is 22.3 Å². The number of allylic oxidation sites excluding steroid dienone is 3. The lowest BCUT2D eigenvalue weighted by atomic mass is 10.1. The van der Waals surface area contributed by atoms with Gasteiger partial charge in [0.1, 0.15) is 5.76 Å². The number of hydrogen-bond donors (Lipinski definition) is 0. The van der Waals surface area contributed by atoms with Crippen LogP contribution < -0.4 is 4.74 Å². The molecule has 8 heteroatoms. The Hall–Kier alpha value is -1.53. The number of Topliss-reactive ketones (excluding diaryl/α,β-unsaturated/α-hetero) is 1. The Kier molecular flexibility index (Phi) is 5.13. The van der Waals surface area contributed by atoms with Crippen molar-refractivity contribution in [1.29, 1.82) is 0 Å². The highest BCUT2D eigenvalue weighted by Gasteiger charge is 2.36. The molecule has 0 amide bonds. The van der Waals surface area contributed by atoms with Gasteiger partial charge in [0, 0.05) is 17.8 Å². The van der Waals surface area contributed by atoms with Crippen LogP contribution in [0.2, 0.25) is 0 Å². The fourth-order valence-electron chi connectivity index (χ4n) is 1.79. The molecule has 1 unspecified atom stereocenters. The molecule has 1 heterocycles. The molecule has 0 radical (unpaired) electrons. The molecule has 1 aliphatic rings. The summed E-state index contributed by atoms with van der Waals surface area (Å²) in [5, 5.41) is -0.172. The fourth-order valence-corrected chi connectivity index (χ4v) is 2.10. The quantitative estimate of drug-likeness (QED) is 0.597. The third kappa shape index (κ3) is 4.01. The van der Waals surface area contributed by atoms with E-state index in [0.717, 1.165) is 6.20 Å². The van der Waals surface area contributed by atoms with Crippen molar-refractivity contribution >= 4 is 29.0 Å². The molecule has 22 heavy (non-hydrogen) atoms. The lowest BCUT2D eigenvalue weighted by Gasteiger charge is -2.14. The number of carbonyl (C=O) groups is 1. The van der Waals surface area contributed by atoms with E-state index >= 15 is 0 Å². The van der Waals surface area contributed by atoms with Crippen molar-refractivity contribution in [2.24, 2.45) is 0 Å². The first-order valence-electron chi connectivity index (χ1n) is 6.18. The molecular formula is C14H10Cl2F3NO2. The minimum absolute atomic E-state index is 0.172. The van der Waals surface area contributed by atoms with Crippen LogP contribution in [0.4, 0.5) is 13.2 Å². The van der Waals surface area contributed by atoms with E-state index in [4.69, 9.17) is 27.9 Å². The number of alkyl halides is 5. The van der Waals surface area contributed by atoms with Gasteiger partial charge in [-0.05, 0) is 18.6 Å². The Morgan fingerprint density at radius 1 is 1.45 bits per heavy atom. The molecule has 0 aromatic carbocycles. The number of carbonyl (C=O) groups excluding carboxylic acids is 1. The summed E-state index contributed by atoms with van der Waals surface area (Å²) in [6.07, 6.45) is 1.46. The Morgan fingerprint density at radius 2 is 2.18 bits per heavy atom. The third-order valence-corrected chi connectivity index (χ3v) is 3.41. The average molecular weight is 352 g/mol. The molecule has 0 bridgehead atoms. The molecule has 1 atom stereocenters. The van der Waals surface area contributed by atoms with E-state index in [9.17, 15) is 18.0 Å². The fraction of sp³-hybridized carbons (Fsp3) is 0.286. The Bertz CT molecular complexity index is 641. The van der Waals surface area contributed by atoms with Gasteiger partial charge >= 0.3 is 6.18 Å². The van der Waals surface area contributed by atoms with Crippen molar-refractivity contribution in [2.75, 3.05) is 5.88 Å². The van der Waals surface area contributed by atoms with Crippen molar-refractivity contribution in [1.82, 2.24) is 4.98 Å². The van der Waals surface area contributed by atoms with E-state index in [1.165, 1.54) is 0 Å². The standard InChI is InChI=1S/C14H10Cl2F3NO2/c15-6-12(21)10-7-20-13(5-11(10)14(17,18)19)22-9-3-1-8(16)2-4-9/h1,3-5,7-8H,2,6H2. The highest BCUT2D eigenvalue weighted by Crippen LogP contribution is 2.34. The molecule has 1 aromatic heterocycles. The van der Waals surface area contributed by atoms with Crippen molar-refractivity contribution in [2.45, 2.75) is 18.0 Å². The molecular weight excluding hydrogens is 342 g/mol. The summed E-state index contributed by atoms with van der Waals surface area (Å²) in [6, 6.07) is 0.682. The Balaban J connectivity index is 2.31. The van der Waals surface area contributed by atoms with Gasteiger partial charge in [0.15, 0.2) is 5.78 Å². The van der Waals surface area contributed by atoms with Crippen LogP contribution in [-0.2, 0) is 6.18 Å². The van der Waals surface area contributed by atoms with E-state index in [2.05, 4.69) is 4.98 Å². The predicted molar refractivity (Wildman–Crippen MR) is 76.4 cm³/mol. The van der Waals surface area contributed by atoms with Gasteiger partial charge in [-0.1, -0.05) is 6.08 Å². The Labute approximate surface area is 134 Å². The predicted octanol–water partition coefficient (Wildman–Crippen LogP) is 4.35. The Morgan fingerprint density at radius 3 is 2.73 bits per heavy atom. The van der Waals surface area contributed by atoms with Crippen LogP contribution in [0, 0.1) is 0 Å². The number of pyridine rings is 1. The van der Waals surface area contributed by atoms with Crippen molar-refractivity contribution in [3.8, 4) is 5.88 Å². The van der Waals surface area contributed by atoms with Crippen LogP contribution in [-0.4, -0.2) is 22.0 Å². The number of nitrogens with zero attached hydrogens (tertiary/aromatic N) is 1. The second kappa shape index (κ2) is 6.71. The lowest BCUT2D eigenvalue weighted by molar-refractivity contribution is -0.138. The minimum atomic E-state index is -4.71. The second-order valence-electron chi connectivity index (χ2n) is 4.44. The molecule has 3 nitrogen and oxygen atoms in total. The zero-order valence-electron chi connectivity index (χ0n) is 11.0. The molecule has 118 valence electrons. The second-order valence-corrected chi connectivity index (χ2v) is 5.27. The van der Waals surface area contributed by atoms with Gasteiger partial charge in [-0.15, -0.1) is 23.2 Å². The molecule has 0 N–H and O–H groups in total. The first-order chi connectivity index (χ1) is 10.3. The van der Waals surface area contributed by atoms with Gasteiger partial charge < -0.3 is 4.74 Å². The maximum atomic E-state index is 13.0. The average Bonchev–Trinajstić information content (AvgIpc) is 2.48. The van der Waals surface area contributed by atoms with Crippen LogP contribution in [0.15, 0.2) is 36.3 Å². The number of aromatic nitrogens is 1. The number of ketones is 1. The first-order valence-corrected chi connectivity index (χ1v) is 7.15. The third-order valence-electron chi connectivity index (χ3n) is 2.84. The molecule has 0 fully saturated rings. The topological polar surface area (TPSA) is 39.2 Å². The van der Waals surface area contributed by atoms with Gasteiger partial charge in [0.05, 0.1) is 16.8 Å². The van der Waals surface area contributed by atoms with Gasteiger partial charge in [0.25, 0.3) is 0 Å². The van der Waals surface area contributed by atoms with Crippen molar-refractivity contribution in [3.05, 3.63) is 47.4 Å². The van der Waals surface area contributed by atoms with Gasteiger partial charge in [-0.25, -0.2) is 4.98 Å². The van der Waals surface area contributed by atoms with E-state index in [-0.39, 0.29) is 11.3 Å². The lowest BCUT2D eigenvalue weighted by Crippen LogP contribution is -2.15. The SMILES string of the molecule is O=C(CCl)c1cnc(OC2=CCC(Cl)C=C2)cc1C(F)(F)F. The summed E-state index contributed by atoms with van der Waals surface area (Å²) in [5.41, 5.74) is -1.71. The van der Waals surface area contributed by atoms with E-state index in [0.29, 0.717) is 18.2 Å². The van der Waals surface area contributed by atoms with Gasteiger partial charge in [0.2, 0.25) is 5.88 Å². The van der Waals surface area contributed by atoms with E-state index < -0.39 is 29.0 Å². The first kappa shape index (κ1) is 16.8. The summed E-state index contributed by atoms with van der Waals surface area (Å²) in [7, 11) is 0. The molecule has 0 saturated heterocycles. The number of rotatable bonds is 4. The summed E-state index contributed by atoms with van der Waals surface area (Å²) >= 11 is 11.2. The van der Waals surface area contributed by atoms with Crippen LogP contribution in [0.5, 0.6) is 5.88 Å². The molecule has 1 aliphatic carbocycles. The zero-order chi connectivity index (χ0) is 16.3. The maximum Gasteiger partial charge on any atom is 0.417 e. The van der Waals surface area contributed by atoms with Crippen LogP contribution in [0.25, 0.3) is 0 Å². The number of ether oxygens (including phenoxy) is 1. The maximum absolute atomic E-state index is 13.0. The summed E-state index contributed by atoms with van der Waals surface area (Å²) in [6.45, 7) is 0. The van der Waals surface area contributed by atoms with Crippen molar-refractivity contribution in [3.63, 3.8) is 0 Å². The van der Waals surface area contributed by atoms with Crippen LogP contribution >= 0.6 is 23.2 Å². The summed E-state index contributed by atoms with van der Waals surface area (Å²) < 4.78 is 44.4. The minimum Gasteiger partial charge on any atom is -0.439 e. The largest absolute Gasteiger partial charge is 0.439 e. The normalized spacial score (nSPS) is 18.0. The monoisotopic (exact) mass is 351 g/mol. The number of hydrogen-bond acceptors (Lipinski definition) is 3. The van der Waals surface area contributed by atoms with Crippen LogP contribution in [0.3, 0.4) is 0 Å². The highest BCUT2D eigenvalue weighted by molar-refractivity contribution is 6.30. The van der Waals surface area contributed by atoms with Gasteiger partial charge in [-0.2, -0.15) is 13.2 Å². The smallest absolute Gasteiger partial charge is 0.417 e.